The van der Waals surface area contributed by atoms with Crippen molar-refractivity contribution in [2.45, 2.75) is 26.0 Å². The molecule has 0 aromatic heterocycles. The fourth-order valence-corrected chi connectivity index (χ4v) is 3.68. The van der Waals surface area contributed by atoms with Crippen LogP contribution in [0.5, 0.6) is 11.5 Å². The molecule has 0 radical (unpaired) electrons. The lowest BCUT2D eigenvalue weighted by Crippen LogP contribution is -2.46. The average Bonchev–Trinajstić information content (AvgIpc) is 2.84. The van der Waals surface area contributed by atoms with Crippen molar-refractivity contribution in [3.8, 4) is 11.5 Å². The van der Waals surface area contributed by atoms with Crippen molar-refractivity contribution < 1.29 is 19.0 Å². The average molecular weight is 426 g/mol. The van der Waals surface area contributed by atoms with Gasteiger partial charge in [-0.3, -0.25) is 9.79 Å². The number of benzene rings is 2. The maximum absolute atomic E-state index is 11.7. The van der Waals surface area contributed by atoms with E-state index in [4.69, 9.17) is 14.2 Å². The largest absolute Gasteiger partial charge is 0.493 e. The number of nitrogens with zero attached hydrogens (tertiary/aromatic N) is 2. The second-order valence-electron chi connectivity index (χ2n) is 7.44. The summed E-state index contributed by atoms with van der Waals surface area (Å²) in [4.78, 5) is 18.3. The molecule has 0 atom stereocenters. The van der Waals surface area contributed by atoms with E-state index in [9.17, 15) is 4.79 Å². The predicted octanol–water partition coefficient (Wildman–Crippen LogP) is 3.23. The maximum atomic E-state index is 11.7. The van der Waals surface area contributed by atoms with Gasteiger partial charge in [0.05, 0.1) is 20.1 Å². The van der Waals surface area contributed by atoms with E-state index in [-0.39, 0.29) is 11.9 Å². The van der Waals surface area contributed by atoms with E-state index in [1.165, 1.54) is 7.11 Å². The topological polar surface area (TPSA) is 72.4 Å². The van der Waals surface area contributed by atoms with Crippen LogP contribution in [0, 0.1) is 5.92 Å². The molecule has 3 rings (SSSR count). The van der Waals surface area contributed by atoms with Crippen LogP contribution >= 0.6 is 0 Å². The Morgan fingerprint density at radius 1 is 1.06 bits per heavy atom. The highest BCUT2D eigenvalue weighted by atomic mass is 16.5. The standard InChI is InChI=1S/C24H31N3O4/c1-25-24(27-13-11-20(12-14-27)23(28)30-3)26-16-19-9-10-21(22(15-19)29-2)31-17-18-7-5-4-6-8-18/h4-10,15,20H,11-14,16-17H2,1-3H3,(H,25,26). The van der Waals surface area contributed by atoms with Gasteiger partial charge in [-0.2, -0.15) is 0 Å². The van der Waals surface area contributed by atoms with Crippen LogP contribution in [-0.4, -0.2) is 51.2 Å². The molecule has 1 saturated heterocycles. The molecular weight excluding hydrogens is 394 g/mol. The Morgan fingerprint density at radius 2 is 1.81 bits per heavy atom. The van der Waals surface area contributed by atoms with Gasteiger partial charge in [-0.25, -0.2) is 0 Å². The third-order valence-electron chi connectivity index (χ3n) is 5.46. The lowest BCUT2D eigenvalue weighted by atomic mass is 9.97. The minimum atomic E-state index is -0.121. The fourth-order valence-electron chi connectivity index (χ4n) is 3.68. The third kappa shape index (κ3) is 6.13. The number of carbonyl (C=O) groups is 1. The van der Waals surface area contributed by atoms with E-state index in [0.717, 1.165) is 43.0 Å². The van der Waals surface area contributed by atoms with Crippen LogP contribution in [0.3, 0.4) is 0 Å². The quantitative estimate of drug-likeness (QED) is 0.417. The number of nitrogens with one attached hydrogen (secondary N) is 1. The van der Waals surface area contributed by atoms with E-state index in [2.05, 4.69) is 15.2 Å². The summed E-state index contributed by atoms with van der Waals surface area (Å²) >= 11 is 0. The molecule has 0 amide bonds. The summed E-state index contributed by atoms with van der Waals surface area (Å²) in [5, 5.41) is 3.41. The van der Waals surface area contributed by atoms with E-state index in [1.807, 2.05) is 48.5 Å². The first-order valence-electron chi connectivity index (χ1n) is 10.5. The van der Waals surface area contributed by atoms with E-state index in [0.29, 0.717) is 24.7 Å². The number of rotatable bonds is 7. The van der Waals surface area contributed by atoms with Crippen LogP contribution in [0.25, 0.3) is 0 Å². The van der Waals surface area contributed by atoms with Crippen molar-refractivity contribution in [1.29, 1.82) is 0 Å². The summed E-state index contributed by atoms with van der Waals surface area (Å²) in [5.74, 6) is 2.09. The minimum Gasteiger partial charge on any atom is -0.493 e. The molecule has 1 N–H and O–H groups in total. The van der Waals surface area contributed by atoms with Crippen LogP contribution in [0.15, 0.2) is 53.5 Å². The molecule has 0 unspecified atom stereocenters. The number of methoxy groups -OCH3 is 2. The van der Waals surface area contributed by atoms with Crippen LogP contribution in [0.4, 0.5) is 0 Å². The van der Waals surface area contributed by atoms with Gasteiger partial charge in [0.2, 0.25) is 0 Å². The number of likely N-dealkylation sites (tertiary alicyclic amines) is 1. The zero-order chi connectivity index (χ0) is 22.1. The summed E-state index contributed by atoms with van der Waals surface area (Å²) in [6.07, 6.45) is 1.54. The van der Waals surface area contributed by atoms with Crippen molar-refractivity contribution >= 4 is 11.9 Å². The first-order valence-corrected chi connectivity index (χ1v) is 10.5. The number of carbonyl (C=O) groups excluding carboxylic acids is 1. The zero-order valence-electron chi connectivity index (χ0n) is 18.5. The van der Waals surface area contributed by atoms with E-state index in [1.54, 1.807) is 14.2 Å². The number of hydrogen-bond acceptors (Lipinski definition) is 5. The smallest absolute Gasteiger partial charge is 0.308 e. The number of guanidine groups is 1. The molecule has 1 aliphatic heterocycles. The Bertz CT molecular complexity index is 878. The molecule has 7 heteroatoms. The monoisotopic (exact) mass is 425 g/mol. The van der Waals surface area contributed by atoms with Crippen LogP contribution in [-0.2, 0) is 22.7 Å². The fraction of sp³-hybridized carbons (Fsp3) is 0.417. The predicted molar refractivity (Wildman–Crippen MR) is 120 cm³/mol. The van der Waals surface area contributed by atoms with Crippen molar-refractivity contribution in [3.63, 3.8) is 0 Å². The number of aliphatic imine (C=N–C) groups is 1. The molecule has 31 heavy (non-hydrogen) atoms. The lowest BCUT2D eigenvalue weighted by molar-refractivity contribution is -0.146. The molecule has 0 bridgehead atoms. The van der Waals surface area contributed by atoms with Crippen LogP contribution < -0.4 is 14.8 Å². The van der Waals surface area contributed by atoms with E-state index >= 15 is 0 Å². The van der Waals surface area contributed by atoms with Gasteiger partial charge in [0.15, 0.2) is 17.5 Å². The molecule has 1 heterocycles. The van der Waals surface area contributed by atoms with Crippen molar-refractivity contribution in [3.05, 3.63) is 59.7 Å². The molecule has 7 nitrogen and oxygen atoms in total. The summed E-state index contributed by atoms with van der Waals surface area (Å²) in [6.45, 7) is 2.64. The van der Waals surface area contributed by atoms with Crippen molar-refractivity contribution in [2.75, 3.05) is 34.4 Å². The van der Waals surface area contributed by atoms with E-state index < -0.39 is 0 Å². The lowest BCUT2D eigenvalue weighted by Gasteiger charge is -2.33. The third-order valence-corrected chi connectivity index (χ3v) is 5.46. The Balaban J connectivity index is 1.55. The van der Waals surface area contributed by atoms with Crippen molar-refractivity contribution in [2.24, 2.45) is 10.9 Å². The Morgan fingerprint density at radius 3 is 2.45 bits per heavy atom. The van der Waals surface area contributed by atoms with Gasteiger partial charge >= 0.3 is 5.97 Å². The van der Waals surface area contributed by atoms with Gasteiger partial charge in [-0.15, -0.1) is 0 Å². The highest BCUT2D eigenvalue weighted by Crippen LogP contribution is 2.29. The van der Waals surface area contributed by atoms with Crippen molar-refractivity contribution in [1.82, 2.24) is 10.2 Å². The molecule has 0 saturated carbocycles. The summed E-state index contributed by atoms with van der Waals surface area (Å²) in [7, 11) is 4.86. The molecule has 2 aromatic carbocycles. The Labute approximate surface area is 184 Å². The molecule has 1 fully saturated rings. The molecule has 2 aromatic rings. The minimum absolute atomic E-state index is 0.0213. The van der Waals surface area contributed by atoms with Gasteiger partial charge in [0.1, 0.15) is 6.61 Å². The van der Waals surface area contributed by atoms with Gasteiger partial charge in [0.25, 0.3) is 0 Å². The Kier molecular flexibility index (Phi) is 8.15. The molecule has 1 aliphatic rings. The van der Waals surface area contributed by atoms with Gasteiger partial charge in [-0.05, 0) is 36.1 Å². The summed E-state index contributed by atoms with van der Waals surface area (Å²) in [6, 6.07) is 16.0. The highest BCUT2D eigenvalue weighted by Gasteiger charge is 2.26. The highest BCUT2D eigenvalue weighted by molar-refractivity contribution is 5.80. The van der Waals surface area contributed by atoms with Gasteiger partial charge in [0, 0.05) is 26.7 Å². The van der Waals surface area contributed by atoms with Crippen LogP contribution in [0.1, 0.15) is 24.0 Å². The number of hydrogen-bond donors (Lipinski definition) is 1. The maximum Gasteiger partial charge on any atom is 0.308 e. The van der Waals surface area contributed by atoms with Gasteiger partial charge in [-0.1, -0.05) is 36.4 Å². The first-order chi connectivity index (χ1) is 15.1. The number of piperidine rings is 1. The molecule has 166 valence electrons. The molecular formula is C24H31N3O4. The normalized spacial score (nSPS) is 14.8. The summed E-state index contributed by atoms with van der Waals surface area (Å²) in [5.41, 5.74) is 2.17. The second-order valence-corrected chi connectivity index (χ2v) is 7.44. The number of esters is 1. The molecule has 0 aliphatic carbocycles. The van der Waals surface area contributed by atoms with Gasteiger partial charge < -0.3 is 24.4 Å². The summed E-state index contributed by atoms with van der Waals surface area (Å²) < 4.78 is 16.3. The molecule has 0 spiro atoms. The second kappa shape index (κ2) is 11.2. The number of ether oxygens (including phenoxy) is 3. The van der Waals surface area contributed by atoms with Crippen LogP contribution in [0.2, 0.25) is 0 Å². The SMILES string of the molecule is CN=C(NCc1ccc(OCc2ccccc2)c(OC)c1)N1CCC(C(=O)OC)CC1. The zero-order valence-corrected chi connectivity index (χ0v) is 18.5. The Hall–Kier alpha value is -3.22. The first kappa shape index (κ1) is 22.5.